The van der Waals surface area contributed by atoms with Gasteiger partial charge in [-0.25, -0.2) is 0 Å². The molecule has 2 aromatic rings. The zero-order valence-corrected chi connectivity index (χ0v) is 17.4. The molecule has 0 amide bonds. The molecule has 1 aromatic carbocycles. The van der Waals surface area contributed by atoms with Crippen LogP contribution in [-0.4, -0.2) is 66.3 Å². The van der Waals surface area contributed by atoms with Crippen molar-refractivity contribution < 1.29 is 24.2 Å². The summed E-state index contributed by atoms with van der Waals surface area (Å²) >= 11 is 1.82. The molecule has 7 nitrogen and oxygen atoms in total. The first kappa shape index (κ1) is 22.1. The van der Waals surface area contributed by atoms with Gasteiger partial charge in [-0.2, -0.15) is 11.8 Å². The van der Waals surface area contributed by atoms with Crippen LogP contribution in [0.3, 0.4) is 0 Å². The van der Waals surface area contributed by atoms with E-state index in [4.69, 9.17) is 19.4 Å². The van der Waals surface area contributed by atoms with Gasteiger partial charge in [0, 0.05) is 29.9 Å². The van der Waals surface area contributed by atoms with Crippen molar-refractivity contribution in [1.29, 1.82) is 0 Å². The van der Waals surface area contributed by atoms with E-state index in [9.17, 15) is 4.79 Å². The lowest BCUT2D eigenvalue weighted by molar-refractivity contribution is -0.151. The van der Waals surface area contributed by atoms with E-state index >= 15 is 0 Å². The second-order valence-electron chi connectivity index (χ2n) is 6.82. The van der Waals surface area contributed by atoms with E-state index in [2.05, 4.69) is 31.3 Å². The van der Waals surface area contributed by atoms with E-state index in [0.29, 0.717) is 0 Å². The summed E-state index contributed by atoms with van der Waals surface area (Å²) in [6.45, 7) is 0.982. The normalized spacial score (nSPS) is 15.9. The number of likely N-dealkylation sites (N-methyl/N-ethyl adjacent to an activating group) is 1. The second kappa shape index (κ2) is 11.0. The number of aromatic nitrogens is 1. The Kier molecular flexibility index (Phi) is 8.66. The van der Waals surface area contributed by atoms with Gasteiger partial charge in [-0.15, -0.1) is 0 Å². The van der Waals surface area contributed by atoms with Crippen molar-refractivity contribution in [3.8, 4) is 5.75 Å². The Hall–Kier alpha value is -2.19. The van der Waals surface area contributed by atoms with Crippen LogP contribution in [0.4, 0.5) is 0 Å². The van der Waals surface area contributed by atoms with Gasteiger partial charge in [-0.1, -0.05) is 0 Å². The zero-order chi connectivity index (χ0) is 20.5. The van der Waals surface area contributed by atoms with Gasteiger partial charge in [0.1, 0.15) is 5.75 Å². The number of benzene rings is 1. The number of ether oxygens (including phenoxy) is 2. The number of thioether (sulfide) groups is 1. The average Bonchev–Trinajstić information content (AvgIpc) is 3.33. The number of nitrogens with zero attached hydrogens (tertiary/aromatic N) is 2. The third kappa shape index (κ3) is 5.90. The molecule has 0 aliphatic carbocycles. The Morgan fingerprint density at radius 1 is 1.43 bits per heavy atom. The molecule has 28 heavy (non-hydrogen) atoms. The van der Waals surface area contributed by atoms with Crippen molar-refractivity contribution in [2.45, 2.75) is 19.6 Å². The van der Waals surface area contributed by atoms with Crippen molar-refractivity contribution in [1.82, 2.24) is 9.47 Å². The molecule has 154 valence electrons. The second-order valence-corrected chi connectivity index (χ2v) is 7.97. The maximum absolute atomic E-state index is 12.2. The molecule has 0 radical (unpaired) electrons. The minimum Gasteiger partial charge on any atom is -0.497 e. The van der Waals surface area contributed by atoms with Crippen LogP contribution >= 0.6 is 11.8 Å². The molecule has 1 unspecified atom stereocenters. The lowest BCUT2D eigenvalue weighted by Gasteiger charge is -2.11. The predicted octanol–water partition coefficient (Wildman–Crippen LogP) is 2.71. The molecular formula is C20H28N2O5S. The molecule has 1 aliphatic rings. The van der Waals surface area contributed by atoms with Crippen molar-refractivity contribution in [2.75, 3.05) is 39.3 Å². The SMILES string of the molecule is COc1ccc2c(CCN(C)C)cn(COC(=O)C3CCSC3)c2c1.O=CO. The van der Waals surface area contributed by atoms with E-state index in [1.807, 2.05) is 28.5 Å². The van der Waals surface area contributed by atoms with Crippen molar-refractivity contribution >= 4 is 35.1 Å². The minimum absolute atomic E-state index is 0.0505. The Morgan fingerprint density at radius 3 is 2.79 bits per heavy atom. The van der Waals surface area contributed by atoms with E-state index in [1.165, 1.54) is 10.9 Å². The first-order valence-corrected chi connectivity index (χ1v) is 10.3. The molecule has 2 heterocycles. The summed E-state index contributed by atoms with van der Waals surface area (Å²) in [5.41, 5.74) is 2.31. The molecule has 1 atom stereocenters. The number of carboxylic acid groups (broad SMARTS) is 1. The summed E-state index contributed by atoms with van der Waals surface area (Å²) in [4.78, 5) is 22.8. The zero-order valence-electron chi connectivity index (χ0n) is 16.6. The number of carbonyl (C=O) groups excluding carboxylic acids is 1. The maximum Gasteiger partial charge on any atom is 0.311 e. The van der Waals surface area contributed by atoms with Crippen LogP contribution in [0.25, 0.3) is 10.9 Å². The van der Waals surface area contributed by atoms with Crippen LogP contribution in [0.5, 0.6) is 5.75 Å². The van der Waals surface area contributed by atoms with Gasteiger partial charge < -0.3 is 24.0 Å². The van der Waals surface area contributed by atoms with Crippen LogP contribution in [0.2, 0.25) is 0 Å². The summed E-state index contributed by atoms with van der Waals surface area (Å²) in [6.07, 6.45) is 3.98. The lowest BCUT2D eigenvalue weighted by atomic mass is 10.1. The average molecular weight is 409 g/mol. The largest absolute Gasteiger partial charge is 0.497 e. The number of methoxy groups -OCH3 is 1. The van der Waals surface area contributed by atoms with Crippen LogP contribution in [0, 0.1) is 5.92 Å². The highest BCUT2D eigenvalue weighted by Crippen LogP contribution is 2.28. The molecule has 1 N–H and O–H groups in total. The first-order chi connectivity index (χ1) is 13.5. The molecular weight excluding hydrogens is 380 g/mol. The lowest BCUT2D eigenvalue weighted by Crippen LogP contribution is -2.18. The monoisotopic (exact) mass is 408 g/mol. The smallest absolute Gasteiger partial charge is 0.311 e. The highest BCUT2D eigenvalue weighted by atomic mass is 32.2. The minimum atomic E-state index is -0.250. The van der Waals surface area contributed by atoms with Gasteiger partial charge >= 0.3 is 5.97 Å². The van der Waals surface area contributed by atoms with Gasteiger partial charge in [0.2, 0.25) is 0 Å². The fourth-order valence-electron chi connectivity index (χ4n) is 3.10. The van der Waals surface area contributed by atoms with E-state index < -0.39 is 0 Å². The van der Waals surface area contributed by atoms with Crippen molar-refractivity contribution in [3.63, 3.8) is 0 Å². The molecule has 3 rings (SSSR count). The first-order valence-electron chi connectivity index (χ1n) is 9.12. The van der Waals surface area contributed by atoms with Crippen LogP contribution in [-0.2, 0) is 27.5 Å². The number of hydrogen-bond donors (Lipinski definition) is 1. The Morgan fingerprint density at radius 2 is 2.18 bits per heavy atom. The molecule has 1 fully saturated rings. The summed E-state index contributed by atoms with van der Waals surface area (Å²) < 4.78 is 13.0. The fraction of sp³-hybridized carbons (Fsp3) is 0.500. The highest BCUT2D eigenvalue weighted by Gasteiger charge is 2.24. The summed E-state index contributed by atoms with van der Waals surface area (Å²) in [5.74, 6) is 2.72. The number of hydrogen-bond acceptors (Lipinski definition) is 6. The van der Waals surface area contributed by atoms with Gasteiger partial charge in [-0.05, 0) is 50.4 Å². The maximum atomic E-state index is 12.2. The summed E-state index contributed by atoms with van der Waals surface area (Å²) in [5, 5.41) is 8.08. The molecule has 0 saturated carbocycles. The van der Waals surface area contributed by atoms with E-state index in [1.54, 1.807) is 7.11 Å². The van der Waals surface area contributed by atoms with Gasteiger partial charge in [0.25, 0.3) is 6.47 Å². The molecule has 0 spiro atoms. The third-order valence-corrected chi connectivity index (χ3v) is 5.77. The molecule has 1 aromatic heterocycles. The topological polar surface area (TPSA) is 81.0 Å². The van der Waals surface area contributed by atoms with Crippen molar-refractivity contribution in [2.24, 2.45) is 5.92 Å². The number of fused-ring (bicyclic) bond motifs is 1. The molecule has 1 aliphatic heterocycles. The van der Waals surface area contributed by atoms with Crippen molar-refractivity contribution in [3.05, 3.63) is 30.0 Å². The quantitative estimate of drug-likeness (QED) is 0.557. The number of rotatable bonds is 7. The number of esters is 1. The molecule has 0 bridgehead atoms. The highest BCUT2D eigenvalue weighted by molar-refractivity contribution is 7.99. The Bertz CT molecular complexity index is 784. The fourth-order valence-corrected chi connectivity index (χ4v) is 4.30. The number of carbonyl (C=O) groups is 2. The van der Waals surface area contributed by atoms with E-state index in [0.717, 1.165) is 42.2 Å². The standard InChI is InChI=1S/C19H26N2O3S.CH2O2/c1-20(2)8-6-14-11-21(13-24-19(22)15-7-9-25-12-15)18-10-16(23-3)4-5-17(14)18;2-1-3/h4-5,10-11,15H,6-9,12-13H2,1-3H3;1H,(H,2,3). The molecule has 1 saturated heterocycles. The predicted molar refractivity (Wildman–Crippen MR) is 111 cm³/mol. The summed E-state index contributed by atoms with van der Waals surface area (Å²) in [6, 6.07) is 6.08. The van der Waals surface area contributed by atoms with Crippen LogP contribution in [0.1, 0.15) is 12.0 Å². The van der Waals surface area contributed by atoms with Gasteiger partial charge in [-0.3, -0.25) is 9.59 Å². The Labute approximate surface area is 169 Å². The van der Waals surface area contributed by atoms with E-state index in [-0.39, 0.29) is 25.1 Å². The molecule has 8 heteroatoms. The van der Waals surface area contributed by atoms with Gasteiger partial charge in [0.05, 0.1) is 18.5 Å². The third-order valence-electron chi connectivity index (χ3n) is 4.61. The Balaban J connectivity index is 0.000000878. The van der Waals surface area contributed by atoms with Gasteiger partial charge in [0.15, 0.2) is 6.73 Å². The summed E-state index contributed by atoms with van der Waals surface area (Å²) in [7, 11) is 5.81. The van der Waals surface area contributed by atoms with Crippen LogP contribution in [0.15, 0.2) is 24.4 Å². The van der Waals surface area contributed by atoms with Crippen LogP contribution < -0.4 is 4.74 Å².